The number of fused-ring (bicyclic) bond motifs is 1. The van der Waals surface area contributed by atoms with Crippen LogP contribution < -0.4 is 10.6 Å². The molecule has 0 aliphatic heterocycles. The minimum Gasteiger partial charge on any atom is -0.356 e. The van der Waals surface area contributed by atoms with Crippen molar-refractivity contribution in [3.63, 3.8) is 0 Å². The lowest BCUT2D eigenvalue weighted by Crippen LogP contribution is -2.38. The smallest absolute Gasteiger partial charge is 0.191 e. The van der Waals surface area contributed by atoms with Gasteiger partial charge in [0.25, 0.3) is 0 Å². The average Bonchev–Trinajstić information content (AvgIpc) is 2.86. The highest BCUT2D eigenvalue weighted by molar-refractivity contribution is 14.0. The Hall–Kier alpha value is -0.780. The van der Waals surface area contributed by atoms with Crippen molar-refractivity contribution in [2.45, 2.75) is 39.7 Å². The van der Waals surface area contributed by atoms with Crippen LogP contribution in [-0.4, -0.2) is 19.6 Å². The summed E-state index contributed by atoms with van der Waals surface area (Å²) < 4.78 is 0. The lowest BCUT2D eigenvalue weighted by molar-refractivity contribution is 0.614. The first-order valence-corrected chi connectivity index (χ1v) is 7.24. The van der Waals surface area contributed by atoms with Gasteiger partial charge in [0, 0.05) is 20.1 Å². The lowest BCUT2D eigenvalue weighted by Gasteiger charge is -2.14. The summed E-state index contributed by atoms with van der Waals surface area (Å²) in [5, 5.41) is 6.70. The molecule has 1 aromatic rings. The van der Waals surface area contributed by atoms with E-state index in [4.69, 9.17) is 0 Å². The van der Waals surface area contributed by atoms with Gasteiger partial charge in [-0.2, -0.15) is 0 Å². The van der Waals surface area contributed by atoms with Crippen molar-refractivity contribution in [2.75, 3.05) is 13.6 Å². The van der Waals surface area contributed by atoms with Gasteiger partial charge in [0.05, 0.1) is 0 Å². The van der Waals surface area contributed by atoms with Crippen molar-refractivity contribution in [1.29, 1.82) is 0 Å². The number of halogens is 1. The molecule has 0 spiro atoms. The Labute approximate surface area is 139 Å². The van der Waals surface area contributed by atoms with Gasteiger partial charge in [0.2, 0.25) is 0 Å². The Balaban J connectivity index is 0.00000200. The van der Waals surface area contributed by atoms with Gasteiger partial charge in [0.15, 0.2) is 5.96 Å². The highest BCUT2D eigenvalue weighted by atomic mass is 127. The van der Waals surface area contributed by atoms with E-state index >= 15 is 0 Å². The largest absolute Gasteiger partial charge is 0.356 e. The quantitative estimate of drug-likeness (QED) is 0.473. The van der Waals surface area contributed by atoms with Crippen LogP contribution in [0.5, 0.6) is 0 Å². The molecule has 0 atom stereocenters. The monoisotopic (exact) mass is 387 g/mol. The highest BCUT2D eigenvalue weighted by Crippen LogP contribution is 2.22. The van der Waals surface area contributed by atoms with Crippen LogP contribution in [0.1, 0.15) is 37.0 Å². The molecule has 0 aromatic heterocycles. The first-order valence-electron chi connectivity index (χ1n) is 7.24. The fourth-order valence-corrected chi connectivity index (χ4v) is 2.44. The summed E-state index contributed by atoms with van der Waals surface area (Å²) in [5.41, 5.74) is 4.41. The third-order valence-electron chi connectivity index (χ3n) is 3.52. The van der Waals surface area contributed by atoms with Gasteiger partial charge in [-0.05, 0) is 41.9 Å². The molecule has 1 aliphatic rings. The molecule has 0 fully saturated rings. The fourth-order valence-electron chi connectivity index (χ4n) is 2.44. The Kier molecular flexibility index (Phi) is 7.34. The predicted octanol–water partition coefficient (Wildman–Crippen LogP) is 3.11. The summed E-state index contributed by atoms with van der Waals surface area (Å²) in [5.74, 6) is 1.51. The van der Waals surface area contributed by atoms with E-state index in [1.807, 2.05) is 7.05 Å². The fraction of sp³-hybridized carbons (Fsp3) is 0.562. The van der Waals surface area contributed by atoms with Gasteiger partial charge >= 0.3 is 0 Å². The number of hydrogen-bond acceptors (Lipinski definition) is 1. The van der Waals surface area contributed by atoms with Gasteiger partial charge in [0.1, 0.15) is 0 Å². The second kappa shape index (κ2) is 8.49. The third kappa shape index (κ3) is 4.96. The standard InChI is InChI=1S/C16H25N3.HI/c1-12(2)10-18-16(17-3)19-11-13-7-8-14-5-4-6-15(14)9-13;/h7-9,12H,4-6,10-11H2,1-3H3,(H2,17,18,19);1H. The molecule has 1 aromatic carbocycles. The topological polar surface area (TPSA) is 36.4 Å². The first-order chi connectivity index (χ1) is 9.19. The molecule has 0 bridgehead atoms. The molecule has 0 amide bonds. The lowest BCUT2D eigenvalue weighted by atomic mass is 10.1. The predicted molar refractivity (Wildman–Crippen MR) is 96.9 cm³/mol. The maximum Gasteiger partial charge on any atom is 0.191 e. The summed E-state index contributed by atoms with van der Waals surface area (Å²) >= 11 is 0. The van der Waals surface area contributed by atoms with Crippen LogP contribution in [0.4, 0.5) is 0 Å². The molecule has 2 N–H and O–H groups in total. The van der Waals surface area contributed by atoms with Crippen molar-refractivity contribution in [1.82, 2.24) is 10.6 Å². The van der Waals surface area contributed by atoms with Gasteiger partial charge < -0.3 is 10.6 Å². The molecule has 2 rings (SSSR count). The van der Waals surface area contributed by atoms with E-state index in [0.29, 0.717) is 5.92 Å². The number of hydrogen-bond donors (Lipinski definition) is 2. The van der Waals surface area contributed by atoms with Crippen LogP contribution in [0.2, 0.25) is 0 Å². The van der Waals surface area contributed by atoms with E-state index in [2.05, 4.69) is 47.7 Å². The molecule has 20 heavy (non-hydrogen) atoms. The molecule has 3 nitrogen and oxygen atoms in total. The van der Waals surface area contributed by atoms with E-state index in [9.17, 15) is 0 Å². The molecule has 4 heteroatoms. The number of aryl methyl sites for hydroxylation is 2. The van der Waals surface area contributed by atoms with Gasteiger partial charge in [-0.3, -0.25) is 4.99 Å². The van der Waals surface area contributed by atoms with E-state index in [0.717, 1.165) is 19.0 Å². The number of nitrogens with one attached hydrogen (secondary N) is 2. The van der Waals surface area contributed by atoms with E-state index in [-0.39, 0.29) is 24.0 Å². The summed E-state index contributed by atoms with van der Waals surface area (Å²) in [6.07, 6.45) is 3.80. The highest BCUT2D eigenvalue weighted by Gasteiger charge is 2.10. The van der Waals surface area contributed by atoms with Crippen molar-refractivity contribution in [3.8, 4) is 0 Å². The Morgan fingerprint density at radius 3 is 2.65 bits per heavy atom. The first kappa shape index (κ1) is 17.3. The number of benzene rings is 1. The molecule has 112 valence electrons. The van der Waals surface area contributed by atoms with E-state index in [1.54, 1.807) is 0 Å². The molecular weight excluding hydrogens is 361 g/mol. The van der Waals surface area contributed by atoms with Gasteiger partial charge in [-0.25, -0.2) is 0 Å². The van der Waals surface area contributed by atoms with Crippen LogP contribution in [-0.2, 0) is 19.4 Å². The molecule has 0 unspecified atom stereocenters. The number of aliphatic imine (C=N–C) groups is 1. The van der Waals surface area contributed by atoms with Gasteiger partial charge in [-0.1, -0.05) is 32.0 Å². The summed E-state index contributed by atoms with van der Waals surface area (Å²) in [4.78, 5) is 4.24. The molecule has 0 saturated carbocycles. The van der Waals surface area contributed by atoms with Crippen molar-refractivity contribution < 1.29 is 0 Å². The third-order valence-corrected chi connectivity index (χ3v) is 3.52. The maximum atomic E-state index is 4.24. The van der Waals surface area contributed by atoms with Crippen molar-refractivity contribution in [2.24, 2.45) is 10.9 Å². The summed E-state index contributed by atoms with van der Waals surface area (Å²) in [6, 6.07) is 6.85. The normalized spacial score (nSPS) is 13.9. The van der Waals surface area contributed by atoms with Gasteiger partial charge in [-0.15, -0.1) is 24.0 Å². The Morgan fingerprint density at radius 2 is 1.95 bits per heavy atom. The summed E-state index contributed by atoms with van der Waals surface area (Å²) in [6.45, 7) is 6.18. The van der Waals surface area contributed by atoms with E-state index < -0.39 is 0 Å². The van der Waals surface area contributed by atoms with Crippen LogP contribution in [0, 0.1) is 5.92 Å². The van der Waals surface area contributed by atoms with Crippen molar-refractivity contribution >= 4 is 29.9 Å². The molecule has 1 aliphatic carbocycles. The number of nitrogens with zero attached hydrogens (tertiary/aromatic N) is 1. The molecular formula is C16H26IN3. The minimum atomic E-state index is 0. The summed E-state index contributed by atoms with van der Waals surface area (Å²) in [7, 11) is 1.82. The zero-order valence-electron chi connectivity index (χ0n) is 12.7. The average molecular weight is 387 g/mol. The minimum absolute atomic E-state index is 0. The number of rotatable bonds is 4. The van der Waals surface area contributed by atoms with Crippen LogP contribution in [0.15, 0.2) is 23.2 Å². The second-order valence-corrected chi connectivity index (χ2v) is 5.66. The number of guanidine groups is 1. The molecule has 0 saturated heterocycles. The van der Waals surface area contributed by atoms with Crippen molar-refractivity contribution in [3.05, 3.63) is 34.9 Å². The zero-order valence-corrected chi connectivity index (χ0v) is 15.0. The van der Waals surface area contributed by atoms with Crippen LogP contribution in [0.3, 0.4) is 0 Å². The maximum absolute atomic E-state index is 4.24. The SMILES string of the molecule is CN=C(NCc1ccc2c(c1)CCC2)NCC(C)C.I. The Bertz CT molecular complexity index is 455. The van der Waals surface area contributed by atoms with Crippen LogP contribution in [0.25, 0.3) is 0 Å². The second-order valence-electron chi connectivity index (χ2n) is 5.66. The Morgan fingerprint density at radius 1 is 1.20 bits per heavy atom. The van der Waals surface area contributed by atoms with E-state index in [1.165, 1.54) is 36.0 Å². The van der Waals surface area contributed by atoms with Crippen LogP contribution >= 0.6 is 24.0 Å². The molecule has 0 heterocycles. The molecule has 0 radical (unpaired) electrons. The zero-order chi connectivity index (χ0) is 13.7.